The average molecular weight is 289 g/mol. The molecule has 0 bridgehead atoms. The van der Waals surface area contributed by atoms with Gasteiger partial charge in [0.25, 0.3) is 0 Å². The van der Waals surface area contributed by atoms with Gasteiger partial charge < -0.3 is 19.8 Å². The Balaban J connectivity index is 1.75. The van der Waals surface area contributed by atoms with Gasteiger partial charge in [-0.3, -0.25) is 4.99 Å². The molecule has 2 aromatic heterocycles. The normalized spacial score (nSPS) is 11.7. The molecule has 2 N–H and O–H groups in total. The van der Waals surface area contributed by atoms with Crippen molar-refractivity contribution < 1.29 is 0 Å². The van der Waals surface area contributed by atoms with Crippen molar-refractivity contribution in [3.8, 4) is 0 Å². The van der Waals surface area contributed by atoms with Gasteiger partial charge in [-0.25, -0.2) is 0 Å². The Labute approximate surface area is 125 Å². The summed E-state index contributed by atoms with van der Waals surface area (Å²) in [6, 6.07) is 2.09. The Morgan fingerprint density at radius 3 is 2.90 bits per heavy atom. The SMILES string of the molecule is CCc1nncn1CCNC(=NC)NCc1ccn(C)c1. The highest BCUT2D eigenvalue weighted by Crippen LogP contribution is 1.98. The summed E-state index contributed by atoms with van der Waals surface area (Å²) >= 11 is 0. The number of rotatable bonds is 6. The van der Waals surface area contributed by atoms with E-state index in [0.717, 1.165) is 37.8 Å². The lowest BCUT2D eigenvalue weighted by Gasteiger charge is -2.12. The van der Waals surface area contributed by atoms with Crippen LogP contribution in [0.2, 0.25) is 0 Å². The summed E-state index contributed by atoms with van der Waals surface area (Å²) in [5.41, 5.74) is 1.23. The summed E-state index contributed by atoms with van der Waals surface area (Å²) in [7, 11) is 3.79. The highest BCUT2D eigenvalue weighted by molar-refractivity contribution is 5.79. The van der Waals surface area contributed by atoms with E-state index in [2.05, 4.69) is 49.6 Å². The fourth-order valence-electron chi connectivity index (χ4n) is 2.11. The summed E-state index contributed by atoms with van der Waals surface area (Å²) in [5, 5.41) is 14.6. The molecule has 7 nitrogen and oxygen atoms in total. The van der Waals surface area contributed by atoms with Crippen molar-refractivity contribution in [2.24, 2.45) is 12.0 Å². The molecule has 0 aromatic carbocycles. The Kier molecular flexibility index (Phi) is 5.36. The number of nitrogens with one attached hydrogen (secondary N) is 2. The van der Waals surface area contributed by atoms with Crippen LogP contribution in [0.1, 0.15) is 18.3 Å². The molecule has 0 radical (unpaired) electrons. The zero-order valence-corrected chi connectivity index (χ0v) is 12.9. The lowest BCUT2D eigenvalue weighted by molar-refractivity contribution is 0.632. The van der Waals surface area contributed by atoms with E-state index in [-0.39, 0.29) is 0 Å². The highest BCUT2D eigenvalue weighted by atomic mass is 15.3. The average Bonchev–Trinajstić information content (AvgIpc) is 3.11. The number of guanidine groups is 1. The van der Waals surface area contributed by atoms with Crippen molar-refractivity contribution in [1.82, 2.24) is 30.0 Å². The third kappa shape index (κ3) is 4.34. The van der Waals surface area contributed by atoms with Gasteiger partial charge in [-0.2, -0.15) is 0 Å². The first-order chi connectivity index (χ1) is 10.2. The molecule has 0 saturated carbocycles. The van der Waals surface area contributed by atoms with Crippen molar-refractivity contribution in [2.75, 3.05) is 13.6 Å². The first kappa shape index (κ1) is 15.1. The second-order valence-electron chi connectivity index (χ2n) is 4.83. The van der Waals surface area contributed by atoms with Crippen molar-refractivity contribution in [3.63, 3.8) is 0 Å². The minimum absolute atomic E-state index is 0.757. The van der Waals surface area contributed by atoms with E-state index in [1.165, 1.54) is 5.56 Å². The molecule has 2 aromatic rings. The minimum Gasteiger partial charge on any atom is -0.357 e. The molecule has 2 rings (SSSR count). The molecule has 0 amide bonds. The molecule has 0 unspecified atom stereocenters. The molecular formula is C14H23N7. The summed E-state index contributed by atoms with van der Waals surface area (Å²) in [6.07, 6.45) is 6.78. The Morgan fingerprint density at radius 2 is 2.24 bits per heavy atom. The number of hydrogen-bond acceptors (Lipinski definition) is 3. The molecule has 21 heavy (non-hydrogen) atoms. The van der Waals surface area contributed by atoms with E-state index in [0.29, 0.717) is 0 Å². The van der Waals surface area contributed by atoms with Gasteiger partial charge in [-0.1, -0.05) is 6.92 Å². The number of aliphatic imine (C=N–C) groups is 1. The lowest BCUT2D eigenvalue weighted by atomic mass is 10.3. The van der Waals surface area contributed by atoms with Gasteiger partial charge in [0.15, 0.2) is 5.96 Å². The predicted molar refractivity (Wildman–Crippen MR) is 83.0 cm³/mol. The molecular weight excluding hydrogens is 266 g/mol. The number of aromatic nitrogens is 4. The Morgan fingerprint density at radius 1 is 1.38 bits per heavy atom. The van der Waals surface area contributed by atoms with Crippen LogP contribution in [0.4, 0.5) is 0 Å². The maximum atomic E-state index is 4.22. The van der Waals surface area contributed by atoms with Crippen molar-refractivity contribution in [3.05, 3.63) is 36.2 Å². The molecule has 0 fully saturated rings. The maximum Gasteiger partial charge on any atom is 0.191 e. The van der Waals surface area contributed by atoms with E-state index in [9.17, 15) is 0 Å². The first-order valence-electron chi connectivity index (χ1n) is 7.15. The van der Waals surface area contributed by atoms with Crippen LogP contribution < -0.4 is 10.6 Å². The summed E-state index contributed by atoms with van der Waals surface area (Å²) in [4.78, 5) is 4.22. The van der Waals surface area contributed by atoms with Gasteiger partial charge in [0.2, 0.25) is 0 Å². The zero-order chi connectivity index (χ0) is 15.1. The van der Waals surface area contributed by atoms with Crippen LogP contribution >= 0.6 is 0 Å². The third-order valence-corrected chi connectivity index (χ3v) is 3.23. The molecule has 2 heterocycles. The van der Waals surface area contributed by atoms with Crippen LogP contribution in [-0.2, 0) is 26.6 Å². The van der Waals surface area contributed by atoms with E-state index in [1.807, 2.05) is 17.8 Å². The molecule has 114 valence electrons. The molecule has 0 saturated heterocycles. The topological polar surface area (TPSA) is 72.1 Å². The highest BCUT2D eigenvalue weighted by Gasteiger charge is 2.02. The fraction of sp³-hybridized carbons (Fsp3) is 0.500. The lowest BCUT2D eigenvalue weighted by Crippen LogP contribution is -2.38. The van der Waals surface area contributed by atoms with E-state index < -0.39 is 0 Å². The van der Waals surface area contributed by atoms with Gasteiger partial charge in [-0.05, 0) is 11.6 Å². The first-order valence-corrected chi connectivity index (χ1v) is 7.15. The number of nitrogens with zero attached hydrogens (tertiary/aromatic N) is 5. The van der Waals surface area contributed by atoms with E-state index in [1.54, 1.807) is 13.4 Å². The fourth-order valence-corrected chi connectivity index (χ4v) is 2.11. The standard InChI is InChI=1S/C14H23N7/c1-4-13-19-18-11-21(13)8-6-16-14(15-2)17-9-12-5-7-20(3)10-12/h5,7,10-11H,4,6,8-9H2,1-3H3,(H2,15,16,17). The van der Waals surface area contributed by atoms with Crippen molar-refractivity contribution in [2.45, 2.75) is 26.4 Å². The molecule has 0 atom stereocenters. The zero-order valence-electron chi connectivity index (χ0n) is 12.9. The Bertz CT molecular complexity index is 582. The van der Waals surface area contributed by atoms with Crippen LogP contribution in [0.25, 0.3) is 0 Å². The van der Waals surface area contributed by atoms with Crippen molar-refractivity contribution >= 4 is 5.96 Å². The van der Waals surface area contributed by atoms with Crippen LogP contribution in [-0.4, -0.2) is 38.9 Å². The maximum absolute atomic E-state index is 4.22. The van der Waals surface area contributed by atoms with Crippen LogP contribution in [0.5, 0.6) is 0 Å². The monoisotopic (exact) mass is 289 g/mol. The summed E-state index contributed by atoms with van der Waals surface area (Å²) < 4.78 is 4.09. The van der Waals surface area contributed by atoms with Crippen LogP contribution in [0.15, 0.2) is 29.8 Å². The van der Waals surface area contributed by atoms with Gasteiger partial charge in [0.1, 0.15) is 12.2 Å². The van der Waals surface area contributed by atoms with Crippen molar-refractivity contribution in [1.29, 1.82) is 0 Å². The van der Waals surface area contributed by atoms with Crippen LogP contribution in [0, 0.1) is 0 Å². The van der Waals surface area contributed by atoms with Gasteiger partial charge in [0.05, 0.1) is 0 Å². The smallest absolute Gasteiger partial charge is 0.191 e. The number of aryl methyl sites for hydroxylation is 2. The largest absolute Gasteiger partial charge is 0.357 e. The third-order valence-electron chi connectivity index (χ3n) is 3.23. The van der Waals surface area contributed by atoms with Gasteiger partial charge in [0, 0.05) is 52.5 Å². The predicted octanol–water partition coefficient (Wildman–Crippen LogP) is 0.544. The second kappa shape index (κ2) is 7.47. The van der Waals surface area contributed by atoms with E-state index in [4.69, 9.17) is 0 Å². The van der Waals surface area contributed by atoms with Gasteiger partial charge >= 0.3 is 0 Å². The molecule has 0 aliphatic rings. The molecule has 0 aliphatic carbocycles. The summed E-state index contributed by atoms with van der Waals surface area (Å²) in [6.45, 7) is 4.43. The van der Waals surface area contributed by atoms with Gasteiger partial charge in [-0.15, -0.1) is 10.2 Å². The molecule has 7 heteroatoms. The minimum atomic E-state index is 0.757. The summed E-state index contributed by atoms with van der Waals surface area (Å²) in [5.74, 6) is 1.80. The molecule has 0 spiro atoms. The quantitative estimate of drug-likeness (QED) is 0.601. The number of hydrogen-bond donors (Lipinski definition) is 2. The Hall–Kier alpha value is -2.31. The van der Waals surface area contributed by atoms with Crippen LogP contribution in [0.3, 0.4) is 0 Å². The molecule has 0 aliphatic heterocycles. The van der Waals surface area contributed by atoms with E-state index >= 15 is 0 Å². The second-order valence-corrected chi connectivity index (χ2v) is 4.83.